The second kappa shape index (κ2) is 5.43. The summed E-state index contributed by atoms with van der Waals surface area (Å²) in [7, 11) is 2.03. The molecule has 1 aromatic rings. The number of rotatable bonds is 3. The minimum Gasteiger partial charge on any atom is -0.348 e. The molecule has 1 aliphatic rings. The van der Waals surface area contributed by atoms with Gasteiger partial charge in [0.25, 0.3) is 5.91 Å². The smallest absolute Gasteiger partial charge is 0.333 e. The Kier molecular flexibility index (Phi) is 3.90. The second-order valence-electron chi connectivity index (χ2n) is 4.51. The van der Waals surface area contributed by atoms with Crippen LogP contribution in [-0.4, -0.2) is 46.8 Å². The molecule has 1 N–H and O–H groups in total. The lowest BCUT2D eigenvalue weighted by molar-refractivity contribution is 0.0559. The zero-order chi connectivity index (χ0) is 13.1. The van der Waals surface area contributed by atoms with Crippen molar-refractivity contribution in [2.75, 3.05) is 20.1 Å². The van der Waals surface area contributed by atoms with Crippen LogP contribution in [0.25, 0.3) is 0 Å². The van der Waals surface area contributed by atoms with E-state index in [0.717, 1.165) is 32.1 Å². The Morgan fingerprint density at radius 2 is 2.17 bits per heavy atom. The van der Waals surface area contributed by atoms with Crippen LogP contribution in [0, 0.1) is 0 Å². The topological polar surface area (TPSA) is 50.2 Å². The number of likely N-dealkylation sites (tertiary alicyclic amines) is 1. The minimum absolute atomic E-state index is 0.0363. The molecule has 0 radical (unpaired) electrons. The lowest BCUT2D eigenvalue weighted by atomic mass is 10.1. The van der Waals surface area contributed by atoms with E-state index in [4.69, 9.17) is 0 Å². The number of hydrogen-bond donors (Lipinski definition) is 1. The summed E-state index contributed by atoms with van der Waals surface area (Å²) in [6, 6.07) is 1.40. The summed E-state index contributed by atoms with van der Waals surface area (Å²) in [5, 5.41) is 6.36. The summed E-state index contributed by atoms with van der Waals surface area (Å²) < 4.78 is 25.1. The lowest BCUT2D eigenvalue weighted by Gasteiger charge is -2.29. The maximum atomic E-state index is 12.3. The van der Waals surface area contributed by atoms with Crippen molar-refractivity contribution in [1.29, 1.82) is 0 Å². The third kappa shape index (κ3) is 3.04. The number of piperidine rings is 1. The number of nitrogens with one attached hydrogen (secondary N) is 1. The van der Waals surface area contributed by atoms with E-state index in [1.54, 1.807) is 0 Å². The normalized spacial score (nSPS) is 18.2. The number of nitrogens with zero attached hydrogens (tertiary/aromatic N) is 3. The molecule has 1 saturated heterocycles. The van der Waals surface area contributed by atoms with Gasteiger partial charge in [-0.25, -0.2) is 4.68 Å². The van der Waals surface area contributed by atoms with E-state index in [0.29, 0.717) is 4.68 Å². The van der Waals surface area contributed by atoms with Gasteiger partial charge >= 0.3 is 6.55 Å². The van der Waals surface area contributed by atoms with Crippen LogP contribution in [0.1, 0.15) is 29.9 Å². The van der Waals surface area contributed by atoms with Crippen LogP contribution in [0.3, 0.4) is 0 Å². The van der Waals surface area contributed by atoms with Gasteiger partial charge in [-0.3, -0.25) is 4.79 Å². The first kappa shape index (κ1) is 12.9. The van der Waals surface area contributed by atoms with Gasteiger partial charge in [-0.05, 0) is 39.0 Å². The van der Waals surface area contributed by atoms with Gasteiger partial charge < -0.3 is 10.2 Å². The molecule has 1 aliphatic heterocycles. The molecule has 0 unspecified atom stereocenters. The largest absolute Gasteiger partial charge is 0.348 e. The molecule has 0 bridgehead atoms. The number of carbonyl (C=O) groups is 1. The number of aromatic nitrogens is 2. The Hall–Kier alpha value is -1.50. The molecule has 2 heterocycles. The summed E-state index contributed by atoms with van der Waals surface area (Å²) in [6.45, 7) is -0.859. The molecule has 0 aromatic carbocycles. The van der Waals surface area contributed by atoms with Crippen molar-refractivity contribution >= 4 is 5.91 Å². The van der Waals surface area contributed by atoms with E-state index in [1.807, 2.05) is 7.05 Å². The van der Waals surface area contributed by atoms with Crippen LogP contribution >= 0.6 is 0 Å². The number of alkyl halides is 2. The molecule has 100 valence electrons. The zero-order valence-electron chi connectivity index (χ0n) is 10.1. The number of hydrogen-bond acceptors (Lipinski definition) is 3. The predicted molar refractivity (Wildman–Crippen MR) is 61.5 cm³/mol. The summed E-state index contributed by atoms with van der Waals surface area (Å²) in [5.41, 5.74) is 0.0363. The van der Waals surface area contributed by atoms with E-state index >= 15 is 0 Å². The first-order valence-corrected chi connectivity index (χ1v) is 5.89. The SMILES string of the molecule is CN1CCC(NC(=O)c2ccn(C(F)F)n2)CC1. The molecule has 1 amide bonds. The number of amides is 1. The van der Waals surface area contributed by atoms with Crippen LogP contribution in [0.15, 0.2) is 12.3 Å². The van der Waals surface area contributed by atoms with E-state index in [1.165, 1.54) is 6.07 Å². The molecule has 0 saturated carbocycles. The van der Waals surface area contributed by atoms with Crippen molar-refractivity contribution in [3.63, 3.8) is 0 Å². The minimum atomic E-state index is -2.71. The summed E-state index contributed by atoms with van der Waals surface area (Å²) >= 11 is 0. The van der Waals surface area contributed by atoms with Crippen molar-refractivity contribution in [3.05, 3.63) is 18.0 Å². The third-order valence-corrected chi connectivity index (χ3v) is 3.09. The van der Waals surface area contributed by atoms with Crippen LogP contribution in [0.2, 0.25) is 0 Å². The maximum absolute atomic E-state index is 12.3. The van der Waals surface area contributed by atoms with Crippen molar-refractivity contribution in [1.82, 2.24) is 20.0 Å². The molecule has 1 fully saturated rings. The van der Waals surface area contributed by atoms with E-state index in [9.17, 15) is 13.6 Å². The Morgan fingerprint density at radius 3 is 2.72 bits per heavy atom. The molecule has 0 spiro atoms. The fourth-order valence-corrected chi connectivity index (χ4v) is 1.98. The molecular weight excluding hydrogens is 242 g/mol. The van der Waals surface area contributed by atoms with Gasteiger partial charge in [-0.1, -0.05) is 0 Å². The third-order valence-electron chi connectivity index (χ3n) is 3.09. The first-order chi connectivity index (χ1) is 8.56. The fourth-order valence-electron chi connectivity index (χ4n) is 1.98. The quantitative estimate of drug-likeness (QED) is 0.883. The Bertz CT molecular complexity index is 413. The fraction of sp³-hybridized carbons (Fsp3) is 0.636. The molecule has 7 heteroatoms. The zero-order valence-corrected chi connectivity index (χ0v) is 10.1. The van der Waals surface area contributed by atoms with Crippen molar-refractivity contribution < 1.29 is 13.6 Å². The highest BCUT2D eigenvalue weighted by Gasteiger charge is 2.20. The van der Waals surface area contributed by atoms with Gasteiger partial charge in [0, 0.05) is 12.2 Å². The van der Waals surface area contributed by atoms with Gasteiger partial charge in [0.2, 0.25) is 0 Å². The predicted octanol–water partition coefficient (Wildman–Crippen LogP) is 1.10. The van der Waals surface area contributed by atoms with E-state index < -0.39 is 6.55 Å². The molecule has 0 aliphatic carbocycles. The molecule has 2 rings (SSSR count). The second-order valence-corrected chi connectivity index (χ2v) is 4.51. The Morgan fingerprint density at radius 1 is 1.50 bits per heavy atom. The van der Waals surface area contributed by atoms with Gasteiger partial charge in [-0.2, -0.15) is 13.9 Å². The Balaban J connectivity index is 1.91. The summed E-state index contributed by atoms with van der Waals surface area (Å²) in [4.78, 5) is 14.0. The molecule has 1 aromatic heterocycles. The highest BCUT2D eigenvalue weighted by molar-refractivity contribution is 5.92. The molecule has 0 atom stereocenters. The van der Waals surface area contributed by atoms with Crippen LogP contribution in [-0.2, 0) is 0 Å². The maximum Gasteiger partial charge on any atom is 0.333 e. The van der Waals surface area contributed by atoms with Gasteiger partial charge in [0.05, 0.1) is 0 Å². The van der Waals surface area contributed by atoms with Crippen LogP contribution in [0.5, 0.6) is 0 Å². The Labute approximate surface area is 104 Å². The molecular formula is C11H16F2N4O. The van der Waals surface area contributed by atoms with Gasteiger partial charge in [-0.15, -0.1) is 0 Å². The molecule has 18 heavy (non-hydrogen) atoms. The van der Waals surface area contributed by atoms with Gasteiger partial charge in [0.1, 0.15) is 5.69 Å². The highest BCUT2D eigenvalue weighted by atomic mass is 19.3. The number of carbonyl (C=O) groups excluding carboxylic acids is 1. The highest BCUT2D eigenvalue weighted by Crippen LogP contribution is 2.11. The van der Waals surface area contributed by atoms with Crippen LogP contribution in [0.4, 0.5) is 8.78 Å². The van der Waals surface area contributed by atoms with Crippen molar-refractivity contribution in [2.45, 2.75) is 25.4 Å². The lowest BCUT2D eigenvalue weighted by Crippen LogP contribution is -2.43. The van der Waals surface area contributed by atoms with Crippen molar-refractivity contribution in [3.8, 4) is 0 Å². The summed E-state index contributed by atoms with van der Waals surface area (Å²) in [6.07, 6.45) is 2.85. The first-order valence-electron chi connectivity index (χ1n) is 5.89. The van der Waals surface area contributed by atoms with Crippen molar-refractivity contribution in [2.24, 2.45) is 0 Å². The van der Waals surface area contributed by atoms with E-state index in [-0.39, 0.29) is 17.6 Å². The standard InChI is InChI=1S/C11H16F2N4O/c1-16-5-2-8(3-6-16)14-10(18)9-4-7-17(15-9)11(12)13/h4,7-8,11H,2-3,5-6H2,1H3,(H,14,18). The average Bonchev–Trinajstić information content (AvgIpc) is 2.81. The van der Waals surface area contributed by atoms with Crippen LogP contribution < -0.4 is 5.32 Å². The average molecular weight is 258 g/mol. The monoisotopic (exact) mass is 258 g/mol. The summed E-state index contributed by atoms with van der Waals surface area (Å²) in [5.74, 6) is -0.385. The number of halogens is 2. The van der Waals surface area contributed by atoms with E-state index in [2.05, 4.69) is 15.3 Å². The molecule has 5 nitrogen and oxygen atoms in total. The van der Waals surface area contributed by atoms with Gasteiger partial charge in [0.15, 0.2) is 0 Å².